The molecule has 0 spiro atoms. The lowest BCUT2D eigenvalue weighted by Crippen LogP contribution is -2.14. The lowest BCUT2D eigenvalue weighted by molar-refractivity contribution is -0.113. The molecular weight excluding hydrogens is 264 g/mol. The highest BCUT2D eigenvalue weighted by molar-refractivity contribution is 8.01. The topological polar surface area (TPSA) is 78.7 Å². The second kappa shape index (κ2) is 7.49. The number of anilines is 1. The first-order valence-electron chi connectivity index (χ1n) is 4.47. The molecule has 0 radical (unpaired) electrons. The largest absolute Gasteiger partial charge is 0.300 e. The molecule has 5 nitrogen and oxygen atoms in total. The summed E-state index contributed by atoms with van der Waals surface area (Å²) >= 11 is 4.23. The van der Waals surface area contributed by atoms with Crippen molar-refractivity contribution in [3.05, 3.63) is 0 Å². The van der Waals surface area contributed by atoms with Crippen LogP contribution >= 0.6 is 34.9 Å². The van der Waals surface area contributed by atoms with Gasteiger partial charge in [0.25, 0.3) is 0 Å². The Labute approximate surface area is 106 Å². The highest BCUT2D eigenvalue weighted by Gasteiger charge is 2.07. The van der Waals surface area contributed by atoms with Crippen LogP contribution in [0.5, 0.6) is 0 Å². The maximum Gasteiger partial charge on any atom is 0.236 e. The number of rotatable bonds is 6. The van der Waals surface area contributed by atoms with E-state index in [0.717, 1.165) is 10.1 Å². The van der Waals surface area contributed by atoms with E-state index in [9.17, 15) is 4.79 Å². The molecular formula is C8H10N4OS3. The van der Waals surface area contributed by atoms with Gasteiger partial charge in [-0.05, 0) is 5.75 Å². The quantitative estimate of drug-likeness (QED) is 0.484. The number of nitriles is 1. The van der Waals surface area contributed by atoms with Crippen molar-refractivity contribution in [2.75, 3.05) is 22.6 Å². The van der Waals surface area contributed by atoms with Crippen molar-refractivity contribution in [1.82, 2.24) is 10.2 Å². The first kappa shape index (κ1) is 13.3. The Morgan fingerprint density at radius 1 is 1.62 bits per heavy atom. The molecule has 1 amide bonds. The maximum atomic E-state index is 11.3. The minimum absolute atomic E-state index is 0.149. The molecule has 1 aromatic heterocycles. The summed E-state index contributed by atoms with van der Waals surface area (Å²) in [6.45, 7) is 2.03. The number of amides is 1. The summed E-state index contributed by atoms with van der Waals surface area (Å²) in [5.74, 6) is 1.37. The van der Waals surface area contributed by atoms with Gasteiger partial charge in [0, 0.05) is 0 Å². The van der Waals surface area contributed by atoms with E-state index in [1.54, 1.807) is 11.8 Å². The van der Waals surface area contributed by atoms with Crippen LogP contribution < -0.4 is 5.32 Å². The number of nitrogens with one attached hydrogen (secondary N) is 1. The van der Waals surface area contributed by atoms with Gasteiger partial charge in [0.1, 0.15) is 0 Å². The number of carbonyl (C=O) groups excluding carboxylic acids is 1. The van der Waals surface area contributed by atoms with E-state index in [1.165, 1.54) is 23.1 Å². The molecule has 1 N–H and O–H groups in total. The van der Waals surface area contributed by atoms with E-state index in [0.29, 0.717) is 10.9 Å². The molecule has 0 bridgehead atoms. The Morgan fingerprint density at radius 3 is 3.12 bits per heavy atom. The SMILES string of the molecule is CCSc1nnc(NC(=O)CSCC#N)s1. The van der Waals surface area contributed by atoms with Crippen molar-refractivity contribution < 1.29 is 4.79 Å². The van der Waals surface area contributed by atoms with Crippen LogP contribution in [-0.2, 0) is 4.79 Å². The summed E-state index contributed by atoms with van der Waals surface area (Å²) in [7, 11) is 0. The zero-order chi connectivity index (χ0) is 11.8. The molecule has 0 saturated carbocycles. The predicted molar refractivity (Wildman–Crippen MR) is 67.9 cm³/mol. The highest BCUT2D eigenvalue weighted by Crippen LogP contribution is 2.24. The zero-order valence-electron chi connectivity index (χ0n) is 8.60. The summed E-state index contributed by atoms with van der Waals surface area (Å²) in [5, 5.41) is 19.2. The number of aromatic nitrogens is 2. The van der Waals surface area contributed by atoms with Crippen molar-refractivity contribution in [1.29, 1.82) is 5.26 Å². The van der Waals surface area contributed by atoms with Crippen molar-refractivity contribution in [3.63, 3.8) is 0 Å². The molecule has 1 heterocycles. The predicted octanol–water partition coefficient (Wildman–Crippen LogP) is 1.85. The Bertz CT molecular complexity index is 387. The van der Waals surface area contributed by atoms with Crippen LogP contribution in [0.3, 0.4) is 0 Å². The zero-order valence-corrected chi connectivity index (χ0v) is 11.0. The minimum Gasteiger partial charge on any atom is -0.300 e. The van der Waals surface area contributed by atoms with E-state index in [1.807, 2.05) is 13.0 Å². The first-order valence-corrected chi connectivity index (χ1v) is 7.42. The molecule has 0 atom stereocenters. The van der Waals surface area contributed by atoms with Crippen LogP contribution in [0.1, 0.15) is 6.92 Å². The average Bonchev–Trinajstić information content (AvgIpc) is 2.66. The summed E-state index contributed by atoms with van der Waals surface area (Å²) in [5.41, 5.74) is 0. The molecule has 0 unspecified atom stereocenters. The van der Waals surface area contributed by atoms with Gasteiger partial charge in [-0.3, -0.25) is 10.1 Å². The van der Waals surface area contributed by atoms with Crippen molar-refractivity contribution in [2.45, 2.75) is 11.3 Å². The average molecular weight is 274 g/mol. The first-order chi connectivity index (χ1) is 7.76. The number of nitrogens with zero attached hydrogens (tertiary/aromatic N) is 3. The molecule has 86 valence electrons. The van der Waals surface area contributed by atoms with Crippen LogP contribution in [0.15, 0.2) is 4.34 Å². The molecule has 16 heavy (non-hydrogen) atoms. The second-order valence-electron chi connectivity index (χ2n) is 2.51. The summed E-state index contributed by atoms with van der Waals surface area (Å²) in [6, 6.07) is 1.96. The fraction of sp³-hybridized carbons (Fsp3) is 0.500. The molecule has 8 heteroatoms. The third-order valence-electron chi connectivity index (χ3n) is 1.32. The van der Waals surface area contributed by atoms with E-state index < -0.39 is 0 Å². The fourth-order valence-electron chi connectivity index (χ4n) is 0.787. The van der Waals surface area contributed by atoms with Gasteiger partial charge in [0.2, 0.25) is 11.0 Å². The standard InChI is InChI=1S/C8H10N4OS3/c1-2-15-8-12-11-7(16-8)10-6(13)5-14-4-3-9/h2,4-5H2,1H3,(H,10,11,13). The maximum absolute atomic E-state index is 11.3. The highest BCUT2D eigenvalue weighted by atomic mass is 32.2. The Kier molecular flexibility index (Phi) is 6.22. The minimum atomic E-state index is -0.149. The molecule has 0 aliphatic carbocycles. The number of hydrogen-bond donors (Lipinski definition) is 1. The Morgan fingerprint density at radius 2 is 2.44 bits per heavy atom. The van der Waals surface area contributed by atoms with Crippen LogP contribution in [0.25, 0.3) is 0 Å². The third-order valence-corrected chi connectivity index (χ3v) is 3.97. The van der Waals surface area contributed by atoms with Gasteiger partial charge >= 0.3 is 0 Å². The summed E-state index contributed by atoms with van der Waals surface area (Å²) in [4.78, 5) is 11.3. The van der Waals surface area contributed by atoms with Gasteiger partial charge in [-0.1, -0.05) is 30.0 Å². The van der Waals surface area contributed by atoms with Crippen LogP contribution in [0.2, 0.25) is 0 Å². The fourth-order valence-corrected chi connectivity index (χ4v) is 2.90. The van der Waals surface area contributed by atoms with Crippen molar-refractivity contribution in [2.24, 2.45) is 0 Å². The van der Waals surface area contributed by atoms with Crippen molar-refractivity contribution >= 4 is 45.9 Å². The summed E-state index contributed by atoms with van der Waals surface area (Å²) in [6.07, 6.45) is 0. The number of hydrogen-bond acceptors (Lipinski definition) is 7. The van der Waals surface area contributed by atoms with E-state index in [2.05, 4.69) is 15.5 Å². The van der Waals surface area contributed by atoms with E-state index in [-0.39, 0.29) is 11.7 Å². The van der Waals surface area contributed by atoms with Gasteiger partial charge in [-0.25, -0.2) is 0 Å². The lowest BCUT2D eigenvalue weighted by Gasteiger charge is -1.97. The Balaban J connectivity index is 2.35. The van der Waals surface area contributed by atoms with Crippen LogP contribution in [0.4, 0.5) is 5.13 Å². The monoisotopic (exact) mass is 274 g/mol. The van der Waals surface area contributed by atoms with E-state index in [4.69, 9.17) is 5.26 Å². The smallest absolute Gasteiger partial charge is 0.236 e. The number of thioether (sulfide) groups is 2. The molecule has 0 fully saturated rings. The lowest BCUT2D eigenvalue weighted by atomic mass is 10.7. The molecule has 0 aliphatic heterocycles. The van der Waals surface area contributed by atoms with Gasteiger partial charge in [0.05, 0.1) is 17.6 Å². The van der Waals surface area contributed by atoms with E-state index >= 15 is 0 Å². The van der Waals surface area contributed by atoms with Gasteiger partial charge < -0.3 is 0 Å². The van der Waals surface area contributed by atoms with Gasteiger partial charge in [-0.2, -0.15) is 5.26 Å². The summed E-state index contributed by atoms with van der Waals surface area (Å²) < 4.78 is 0.850. The molecule has 1 rings (SSSR count). The normalized spacial score (nSPS) is 9.75. The number of carbonyl (C=O) groups is 1. The molecule has 0 aliphatic rings. The van der Waals surface area contributed by atoms with Gasteiger partial charge in [-0.15, -0.1) is 22.0 Å². The van der Waals surface area contributed by atoms with Crippen LogP contribution in [-0.4, -0.2) is 33.4 Å². The second-order valence-corrected chi connectivity index (χ2v) is 5.98. The third kappa shape index (κ3) is 4.83. The van der Waals surface area contributed by atoms with Crippen molar-refractivity contribution in [3.8, 4) is 6.07 Å². The molecule has 0 aromatic carbocycles. The molecule has 0 saturated heterocycles. The van der Waals surface area contributed by atoms with Crippen LogP contribution in [0, 0.1) is 11.3 Å². The molecule has 1 aromatic rings. The van der Waals surface area contributed by atoms with Gasteiger partial charge in [0.15, 0.2) is 4.34 Å². The Hall–Kier alpha value is -0.780.